The van der Waals surface area contributed by atoms with Gasteiger partial charge in [-0.05, 0) is 38.8 Å². The van der Waals surface area contributed by atoms with E-state index in [1.165, 1.54) is 6.33 Å². The molecule has 216 valence electrons. The number of imidazole rings is 1. The quantitative estimate of drug-likeness (QED) is 0.299. The largest absolute Gasteiger partial charge is 0.374 e. The van der Waals surface area contributed by atoms with Crippen LogP contribution in [0.5, 0.6) is 0 Å². The van der Waals surface area contributed by atoms with Gasteiger partial charge in [-0.3, -0.25) is 14.4 Å². The molecule has 2 atom stereocenters. The van der Waals surface area contributed by atoms with Gasteiger partial charge >= 0.3 is 0 Å². The summed E-state index contributed by atoms with van der Waals surface area (Å²) in [6, 6.07) is 17.2. The molecule has 0 saturated heterocycles. The second kappa shape index (κ2) is 14.9. The zero-order valence-corrected chi connectivity index (χ0v) is 23.0. The summed E-state index contributed by atoms with van der Waals surface area (Å²) >= 11 is 0. The van der Waals surface area contributed by atoms with Crippen LogP contribution in [0.2, 0.25) is 0 Å². The van der Waals surface area contributed by atoms with Crippen molar-refractivity contribution in [1.29, 1.82) is 0 Å². The van der Waals surface area contributed by atoms with Gasteiger partial charge in [0, 0.05) is 19.3 Å². The topological polar surface area (TPSA) is 132 Å². The molecule has 3 amide bonds. The number of anilines is 1. The normalized spacial score (nSPS) is 12.5. The first kappa shape index (κ1) is 32.2. The Morgan fingerprint density at radius 1 is 1.02 bits per heavy atom. The number of hydrogen-bond donors (Lipinski definition) is 3. The molecule has 0 bridgehead atoms. The van der Waals surface area contributed by atoms with E-state index in [0.717, 1.165) is 11.1 Å². The van der Waals surface area contributed by atoms with Crippen LogP contribution in [0.3, 0.4) is 0 Å². The molecule has 3 aromatic rings. The highest BCUT2D eigenvalue weighted by Gasteiger charge is 2.30. The molecular formula is C30H42N6O4. The smallest absolute Gasteiger partial charge is 0.250 e. The van der Waals surface area contributed by atoms with Crippen molar-refractivity contribution in [3.8, 4) is 0 Å². The fourth-order valence-corrected chi connectivity index (χ4v) is 3.94. The van der Waals surface area contributed by atoms with Crippen molar-refractivity contribution < 1.29 is 19.1 Å². The van der Waals surface area contributed by atoms with Crippen molar-refractivity contribution in [3.05, 3.63) is 84.3 Å². The van der Waals surface area contributed by atoms with E-state index in [1.807, 2.05) is 74.5 Å². The van der Waals surface area contributed by atoms with Gasteiger partial charge < -0.3 is 30.6 Å². The van der Waals surface area contributed by atoms with Crippen LogP contribution in [-0.2, 0) is 25.7 Å². The maximum absolute atomic E-state index is 13.4. The van der Waals surface area contributed by atoms with Gasteiger partial charge in [0.15, 0.2) is 5.82 Å². The van der Waals surface area contributed by atoms with Crippen LogP contribution in [0.1, 0.15) is 52.3 Å². The molecule has 1 heterocycles. The third-order valence-electron chi connectivity index (χ3n) is 6.18. The minimum atomic E-state index is -1.19. The highest BCUT2D eigenvalue weighted by atomic mass is 16.5. The molecule has 0 spiro atoms. The Balaban J connectivity index is 0.00000560. The number of benzene rings is 2. The van der Waals surface area contributed by atoms with E-state index in [-0.39, 0.29) is 32.4 Å². The second-order valence-corrected chi connectivity index (χ2v) is 9.77. The maximum Gasteiger partial charge on any atom is 0.250 e. The number of nitrogens with one attached hydrogen (secondary N) is 2. The van der Waals surface area contributed by atoms with Crippen molar-refractivity contribution in [2.75, 3.05) is 25.0 Å². The molecule has 1 aromatic heterocycles. The van der Waals surface area contributed by atoms with Crippen molar-refractivity contribution in [1.82, 2.24) is 19.8 Å². The number of aromatic nitrogens is 2. The summed E-state index contributed by atoms with van der Waals surface area (Å²) in [6.45, 7) is 8.31. The van der Waals surface area contributed by atoms with Gasteiger partial charge in [0.1, 0.15) is 12.1 Å². The number of likely N-dealkylation sites (N-methyl/N-ethyl adjacent to an activating group) is 1. The van der Waals surface area contributed by atoms with E-state index >= 15 is 0 Å². The lowest BCUT2D eigenvalue weighted by molar-refractivity contribution is -0.133. The fourth-order valence-electron chi connectivity index (χ4n) is 3.94. The van der Waals surface area contributed by atoms with E-state index in [2.05, 4.69) is 15.6 Å². The molecule has 1 unspecified atom stereocenters. The van der Waals surface area contributed by atoms with Crippen LogP contribution in [0.4, 0.5) is 5.82 Å². The predicted octanol–water partition coefficient (Wildman–Crippen LogP) is 3.35. The SMILES string of the molecule is C.CCN(CC)C(=O)C(c1ccccc1)n1cnc(NC(=O)[C@@H](COCc2ccccc2)NC(=O)C(C)(C)N)c1. The number of carbonyl (C=O) groups is 3. The summed E-state index contributed by atoms with van der Waals surface area (Å²) in [6.07, 6.45) is 3.12. The zero-order valence-electron chi connectivity index (χ0n) is 23.0. The van der Waals surface area contributed by atoms with Gasteiger partial charge in [0.25, 0.3) is 5.91 Å². The van der Waals surface area contributed by atoms with E-state index in [4.69, 9.17) is 10.5 Å². The Labute approximate surface area is 236 Å². The van der Waals surface area contributed by atoms with E-state index in [0.29, 0.717) is 13.1 Å². The van der Waals surface area contributed by atoms with Crippen LogP contribution in [0, 0.1) is 0 Å². The summed E-state index contributed by atoms with van der Waals surface area (Å²) in [4.78, 5) is 45.3. The van der Waals surface area contributed by atoms with Crippen LogP contribution < -0.4 is 16.4 Å². The number of hydrogen-bond acceptors (Lipinski definition) is 6. The second-order valence-electron chi connectivity index (χ2n) is 9.77. The number of carbonyl (C=O) groups excluding carboxylic acids is 3. The van der Waals surface area contributed by atoms with Crippen LogP contribution in [0.15, 0.2) is 73.2 Å². The first-order valence-electron chi connectivity index (χ1n) is 13.0. The average molecular weight is 551 g/mol. The molecule has 0 aliphatic rings. The Kier molecular flexibility index (Phi) is 12.0. The van der Waals surface area contributed by atoms with Crippen molar-refractivity contribution in [3.63, 3.8) is 0 Å². The third kappa shape index (κ3) is 8.75. The maximum atomic E-state index is 13.4. The Morgan fingerprint density at radius 3 is 2.20 bits per heavy atom. The van der Waals surface area contributed by atoms with Gasteiger partial charge in [-0.1, -0.05) is 68.1 Å². The van der Waals surface area contributed by atoms with Gasteiger partial charge in [-0.15, -0.1) is 0 Å². The molecule has 0 fully saturated rings. The van der Waals surface area contributed by atoms with Gasteiger partial charge in [-0.25, -0.2) is 4.98 Å². The van der Waals surface area contributed by atoms with E-state index < -0.39 is 29.4 Å². The lowest BCUT2D eigenvalue weighted by Crippen LogP contribution is -2.56. The Bertz CT molecular complexity index is 1220. The van der Waals surface area contributed by atoms with Gasteiger partial charge in [-0.2, -0.15) is 0 Å². The fraction of sp³-hybridized carbons (Fsp3) is 0.400. The highest BCUT2D eigenvalue weighted by Crippen LogP contribution is 2.22. The van der Waals surface area contributed by atoms with Gasteiger partial charge in [0.05, 0.1) is 25.1 Å². The van der Waals surface area contributed by atoms with E-state index in [9.17, 15) is 14.4 Å². The monoisotopic (exact) mass is 550 g/mol. The average Bonchev–Trinajstić information content (AvgIpc) is 3.37. The van der Waals surface area contributed by atoms with Crippen molar-refractivity contribution in [2.24, 2.45) is 5.73 Å². The van der Waals surface area contributed by atoms with Crippen molar-refractivity contribution in [2.45, 2.75) is 59.4 Å². The highest BCUT2D eigenvalue weighted by molar-refractivity contribution is 5.98. The summed E-state index contributed by atoms with van der Waals surface area (Å²) in [5.41, 5.74) is 6.48. The van der Waals surface area contributed by atoms with E-state index in [1.54, 1.807) is 29.5 Å². The minimum Gasteiger partial charge on any atom is -0.374 e. The lowest BCUT2D eigenvalue weighted by atomic mass is 10.1. The van der Waals surface area contributed by atoms with Crippen molar-refractivity contribution >= 4 is 23.5 Å². The first-order chi connectivity index (χ1) is 18.6. The molecule has 0 saturated carbocycles. The number of rotatable bonds is 13. The van der Waals surface area contributed by atoms with Crippen LogP contribution in [0.25, 0.3) is 0 Å². The van der Waals surface area contributed by atoms with Crippen LogP contribution in [-0.4, -0.2) is 63.4 Å². The standard InChI is InChI=1S/C29H38N6O4.CH4/c1-5-34(6-2)27(37)25(22-15-11-8-12-16-22)35-17-24(31-20-35)33-26(36)23(32-28(38)29(3,4)30)19-39-18-21-13-9-7-10-14-21;/h7-17,20,23,25H,5-6,18-19,30H2,1-4H3,(H,32,38)(H,33,36);1H4/t23-,25?;/m1./s1. The summed E-state index contributed by atoms with van der Waals surface area (Å²) < 4.78 is 7.42. The Hall–Kier alpha value is -4.02. The molecule has 40 heavy (non-hydrogen) atoms. The molecule has 4 N–H and O–H groups in total. The third-order valence-corrected chi connectivity index (χ3v) is 6.18. The van der Waals surface area contributed by atoms with Gasteiger partial charge in [0.2, 0.25) is 11.8 Å². The predicted molar refractivity (Wildman–Crippen MR) is 156 cm³/mol. The zero-order chi connectivity index (χ0) is 28.4. The summed E-state index contributed by atoms with van der Waals surface area (Å²) in [7, 11) is 0. The minimum absolute atomic E-state index is 0. The van der Waals surface area contributed by atoms with Crippen LogP contribution >= 0.6 is 0 Å². The molecule has 10 nitrogen and oxygen atoms in total. The molecule has 3 rings (SSSR count). The number of amides is 3. The number of ether oxygens (including phenoxy) is 1. The molecular weight excluding hydrogens is 508 g/mol. The molecule has 0 aliphatic heterocycles. The number of nitrogens with zero attached hydrogens (tertiary/aromatic N) is 3. The lowest BCUT2D eigenvalue weighted by Gasteiger charge is -2.26. The summed E-state index contributed by atoms with van der Waals surface area (Å²) in [5, 5.41) is 5.41. The number of nitrogens with two attached hydrogens (primary N) is 1. The molecule has 0 aliphatic carbocycles. The summed E-state index contributed by atoms with van der Waals surface area (Å²) in [5.74, 6) is -0.851. The first-order valence-corrected chi connectivity index (χ1v) is 13.0. The molecule has 2 aromatic carbocycles. The Morgan fingerprint density at radius 2 is 1.62 bits per heavy atom. The molecule has 10 heteroatoms. The molecule has 0 radical (unpaired) electrons.